The molecule has 0 atom stereocenters. The van der Waals surface area contributed by atoms with Gasteiger partial charge in [-0.25, -0.2) is 4.98 Å². The second-order valence-electron chi connectivity index (χ2n) is 9.29. The van der Waals surface area contributed by atoms with Gasteiger partial charge in [0.15, 0.2) is 23.9 Å². The fraction of sp³-hybridized carbons (Fsp3) is 0.133. The largest absolute Gasteiger partial charge is 0.493 e. The first-order valence-corrected chi connectivity index (χ1v) is 13.1. The summed E-state index contributed by atoms with van der Waals surface area (Å²) >= 11 is 6.27. The van der Waals surface area contributed by atoms with E-state index in [0.717, 1.165) is 11.1 Å². The molecule has 0 fully saturated rings. The lowest BCUT2D eigenvalue weighted by molar-refractivity contribution is -0.123. The van der Waals surface area contributed by atoms with E-state index in [1.807, 2.05) is 41.1 Å². The van der Waals surface area contributed by atoms with Crippen LogP contribution in [0, 0.1) is 0 Å². The molecule has 0 radical (unpaired) electrons. The maximum Gasteiger partial charge on any atom is 0.258 e. The molecule has 2 N–H and O–H groups in total. The molecule has 41 heavy (non-hydrogen) atoms. The van der Waals surface area contributed by atoms with Crippen molar-refractivity contribution in [1.82, 2.24) is 25.3 Å². The fourth-order valence-corrected chi connectivity index (χ4v) is 4.78. The van der Waals surface area contributed by atoms with Gasteiger partial charge in [0, 0.05) is 47.4 Å². The average molecular weight is 570 g/mol. The predicted molar refractivity (Wildman–Crippen MR) is 151 cm³/mol. The first-order chi connectivity index (χ1) is 20.0. The Morgan fingerprint density at radius 2 is 2.02 bits per heavy atom. The van der Waals surface area contributed by atoms with Crippen LogP contribution in [0.5, 0.6) is 11.5 Å². The van der Waals surface area contributed by atoms with E-state index in [2.05, 4.69) is 20.8 Å². The molecule has 2 aromatic heterocycles. The monoisotopic (exact) mass is 569 g/mol. The maximum atomic E-state index is 13.3. The number of hydrogen-bond donors (Lipinski definition) is 2. The highest BCUT2D eigenvalue weighted by molar-refractivity contribution is 6.33. The van der Waals surface area contributed by atoms with E-state index < -0.39 is 0 Å². The van der Waals surface area contributed by atoms with Crippen molar-refractivity contribution >= 4 is 23.4 Å². The molecule has 3 aromatic carbocycles. The summed E-state index contributed by atoms with van der Waals surface area (Å²) in [5.41, 5.74) is 3.85. The lowest BCUT2D eigenvalue weighted by Crippen LogP contribution is -2.29. The number of nitrogens with zero attached hydrogens (tertiary/aromatic N) is 3. The summed E-state index contributed by atoms with van der Waals surface area (Å²) in [5.74, 6) is 1.44. The van der Waals surface area contributed by atoms with Crippen LogP contribution in [0.3, 0.4) is 0 Å². The number of ether oxygens (including phenoxy) is 2. The van der Waals surface area contributed by atoms with Gasteiger partial charge in [-0.3, -0.25) is 14.2 Å². The van der Waals surface area contributed by atoms with Crippen LogP contribution in [-0.2, 0) is 17.9 Å². The van der Waals surface area contributed by atoms with Gasteiger partial charge in [-0.15, -0.1) is 0 Å². The van der Waals surface area contributed by atoms with Crippen molar-refractivity contribution in [2.24, 2.45) is 0 Å². The van der Waals surface area contributed by atoms with Crippen LogP contribution in [0.2, 0.25) is 5.02 Å². The number of halogens is 1. The minimum atomic E-state index is -0.317. The van der Waals surface area contributed by atoms with Gasteiger partial charge in [-0.2, -0.15) is 0 Å². The molecule has 0 aliphatic carbocycles. The number of nitrogens with one attached hydrogen (secondary N) is 2. The Balaban J connectivity index is 1.30. The van der Waals surface area contributed by atoms with E-state index in [1.165, 1.54) is 7.11 Å². The van der Waals surface area contributed by atoms with Crippen LogP contribution in [0.1, 0.15) is 21.6 Å². The van der Waals surface area contributed by atoms with Crippen LogP contribution >= 0.6 is 11.6 Å². The van der Waals surface area contributed by atoms with Crippen LogP contribution in [0.25, 0.3) is 28.4 Å². The summed E-state index contributed by atoms with van der Waals surface area (Å²) in [5, 5.41) is 10.4. The zero-order valence-corrected chi connectivity index (χ0v) is 22.6. The summed E-state index contributed by atoms with van der Waals surface area (Å²) < 4.78 is 18.5. The SMILES string of the molecule is COc1ccc2cc1OCC(=O)NCc1cc(C(=O)NCc3cc(-c4ccccc4Cl)on3)cc(c1)-n1ccnc1-2. The highest BCUT2D eigenvalue weighted by Gasteiger charge is 2.18. The number of imidazole rings is 1. The zero-order valence-electron chi connectivity index (χ0n) is 21.9. The number of fused-ring (bicyclic) bond motifs is 7. The minimum Gasteiger partial charge on any atom is -0.493 e. The smallest absolute Gasteiger partial charge is 0.258 e. The first-order valence-electron chi connectivity index (χ1n) is 12.7. The lowest BCUT2D eigenvalue weighted by atomic mass is 10.1. The third kappa shape index (κ3) is 5.50. The molecule has 206 valence electrons. The van der Waals surface area contributed by atoms with Crippen molar-refractivity contribution in [3.8, 4) is 39.9 Å². The van der Waals surface area contributed by atoms with Crippen LogP contribution in [-0.4, -0.2) is 40.2 Å². The summed E-state index contributed by atoms with van der Waals surface area (Å²) in [6.07, 6.45) is 3.49. The number of amides is 2. The van der Waals surface area contributed by atoms with Crippen molar-refractivity contribution in [2.75, 3.05) is 13.7 Å². The molecule has 10 nitrogen and oxygen atoms in total. The second-order valence-corrected chi connectivity index (χ2v) is 9.69. The Hall–Kier alpha value is -5.09. The molecule has 6 rings (SSSR count). The molecule has 11 heteroatoms. The summed E-state index contributed by atoms with van der Waals surface area (Å²) in [6.45, 7) is 0.139. The molecule has 0 spiro atoms. The second kappa shape index (κ2) is 11.2. The van der Waals surface area contributed by atoms with Gasteiger partial charge in [-0.05, 0) is 54.1 Å². The summed E-state index contributed by atoms with van der Waals surface area (Å²) in [4.78, 5) is 30.4. The van der Waals surface area contributed by atoms with Crippen molar-refractivity contribution in [2.45, 2.75) is 13.1 Å². The van der Waals surface area contributed by atoms with E-state index >= 15 is 0 Å². The molecule has 5 aromatic rings. The zero-order chi connectivity index (χ0) is 28.3. The van der Waals surface area contributed by atoms with E-state index in [-0.39, 0.29) is 31.5 Å². The maximum absolute atomic E-state index is 13.3. The Morgan fingerprint density at radius 1 is 1.15 bits per heavy atom. The normalized spacial score (nSPS) is 12.6. The highest BCUT2D eigenvalue weighted by atomic mass is 35.5. The molecule has 0 saturated carbocycles. The topological polar surface area (TPSA) is 121 Å². The van der Waals surface area contributed by atoms with E-state index in [0.29, 0.717) is 50.6 Å². The number of carbonyl (C=O) groups is 2. The van der Waals surface area contributed by atoms with E-state index in [4.69, 9.17) is 25.6 Å². The third-order valence-corrected chi connectivity index (χ3v) is 6.89. The number of rotatable bonds is 5. The summed E-state index contributed by atoms with van der Waals surface area (Å²) in [6, 6.07) is 19.8. The average Bonchev–Trinajstić information content (AvgIpc) is 3.68. The number of methoxy groups -OCH3 is 1. The van der Waals surface area contributed by atoms with Crippen LogP contribution in [0.15, 0.2) is 83.6 Å². The predicted octanol–water partition coefficient (Wildman–Crippen LogP) is 4.79. The lowest BCUT2D eigenvalue weighted by Gasteiger charge is -2.13. The standard InChI is InChI=1S/C30H24ClN5O5/c1-39-25-7-6-19-13-27(25)40-17-28(37)33-15-18-10-20(12-22(11-18)36-9-8-32-29(19)36)30(38)34-16-21-14-26(41-35-21)23-4-2-3-5-24(23)31/h2-14H,15-17H2,1H3,(H,33,37)(H,34,38). The minimum absolute atomic E-state index is 0.144. The van der Waals surface area contributed by atoms with Crippen molar-refractivity contribution < 1.29 is 23.6 Å². The molecule has 3 heterocycles. The van der Waals surface area contributed by atoms with Crippen molar-refractivity contribution in [1.29, 1.82) is 0 Å². The van der Waals surface area contributed by atoms with Crippen molar-refractivity contribution in [3.05, 3.63) is 101 Å². The highest BCUT2D eigenvalue weighted by Crippen LogP contribution is 2.33. The molecule has 1 aliphatic heterocycles. The Kier molecular flexibility index (Phi) is 7.13. The Morgan fingerprint density at radius 3 is 2.88 bits per heavy atom. The molecule has 0 saturated heterocycles. The van der Waals surface area contributed by atoms with Gasteiger partial charge in [0.25, 0.3) is 11.8 Å². The molecule has 0 unspecified atom stereocenters. The third-order valence-electron chi connectivity index (χ3n) is 6.56. The van der Waals surface area contributed by atoms with Gasteiger partial charge in [-0.1, -0.05) is 28.9 Å². The Bertz CT molecular complexity index is 1760. The molecular formula is C30H24ClN5O5. The van der Waals surface area contributed by atoms with E-state index in [9.17, 15) is 9.59 Å². The summed E-state index contributed by atoms with van der Waals surface area (Å²) in [7, 11) is 1.54. The van der Waals surface area contributed by atoms with Crippen LogP contribution in [0.4, 0.5) is 0 Å². The van der Waals surface area contributed by atoms with Gasteiger partial charge < -0.3 is 24.6 Å². The first kappa shape index (κ1) is 26.1. The fourth-order valence-electron chi connectivity index (χ4n) is 4.55. The number of aromatic nitrogens is 3. The number of hydrogen-bond acceptors (Lipinski definition) is 7. The van der Waals surface area contributed by atoms with Gasteiger partial charge >= 0.3 is 0 Å². The number of carbonyl (C=O) groups excluding carboxylic acids is 2. The molecule has 1 aliphatic rings. The molecule has 4 bridgehead atoms. The van der Waals surface area contributed by atoms with Crippen LogP contribution < -0.4 is 20.1 Å². The van der Waals surface area contributed by atoms with E-state index in [1.54, 1.807) is 42.6 Å². The molecule has 2 amide bonds. The van der Waals surface area contributed by atoms with Crippen molar-refractivity contribution in [3.63, 3.8) is 0 Å². The quantitative estimate of drug-likeness (QED) is 0.312. The number of benzene rings is 3. The molecular weight excluding hydrogens is 546 g/mol. The van der Waals surface area contributed by atoms with Gasteiger partial charge in [0.2, 0.25) is 0 Å². The van der Waals surface area contributed by atoms with Gasteiger partial charge in [0.05, 0.1) is 18.7 Å². The Labute approximate surface area is 239 Å². The van der Waals surface area contributed by atoms with Gasteiger partial charge in [0.1, 0.15) is 11.5 Å².